The van der Waals surface area contributed by atoms with Gasteiger partial charge in [0.15, 0.2) is 16.6 Å². The molecule has 3 aromatic rings. The molecule has 1 fully saturated rings. The van der Waals surface area contributed by atoms with Gasteiger partial charge in [0, 0.05) is 38.4 Å². The van der Waals surface area contributed by atoms with Crippen LogP contribution in [0.1, 0.15) is 10.4 Å². The molecule has 0 N–H and O–H groups in total. The van der Waals surface area contributed by atoms with Crippen LogP contribution in [0.25, 0.3) is 10.3 Å². The van der Waals surface area contributed by atoms with Crippen LogP contribution in [0.2, 0.25) is 0 Å². The van der Waals surface area contributed by atoms with Gasteiger partial charge in [-0.15, -0.1) is 0 Å². The SMILES string of the molecule is O=C(c1cc2c(cc1[N+](=O)[O-])OCCO2)N1CCN(c2nc3cccnc3s2)CC1. The molecule has 1 saturated heterocycles. The first-order valence-corrected chi connectivity index (χ1v) is 10.3. The van der Waals surface area contributed by atoms with Crippen LogP contribution in [0.15, 0.2) is 30.5 Å². The number of carbonyl (C=O) groups is 1. The molecule has 1 amide bonds. The summed E-state index contributed by atoms with van der Waals surface area (Å²) in [7, 11) is 0. The lowest BCUT2D eigenvalue weighted by Crippen LogP contribution is -2.48. The van der Waals surface area contributed by atoms with E-state index >= 15 is 0 Å². The lowest BCUT2D eigenvalue weighted by Gasteiger charge is -2.34. The largest absolute Gasteiger partial charge is 0.486 e. The number of aromatic nitrogens is 2. The number of piperazine rings is 1. The van der Waals surface area contributed by atoms with Crippen molar-refractivity contribution >= 4 is 38.4 Å². The molecule has 0 spiro atoms. The van der Waals surface area contributed by atoms with Gasteiger partial charge in [0.1, 0.15) is 29.1 Å². The highest BCUT2D eigenvalue weighted by molar-refractivity contribution is 7.21. The quantitative estimate of drug-likeness (QED) is 0.463. The van der Waals surface area contributed by atoms with E-state index in [0.717, 1.165) is 15.5 Å². The molecule has 1 aromatic carbocycles. The highest BCUT2D eigenvalue weighted by Gasteiger charge is 2.31. The second-order valence-electron chi connectivity index (χ2n) is 6.87. The Bertz CT molecular complexity index is 1110. The minimum absolute atomic E-state index is 0.0156. The Morgan fingerprint density at radius 1 is 1.13 bits per heavy atom. The summed E-state index contributed by atoms with van der Waals surface area (Å²) in [5, 5.41) is 12.4. The van der Waals surface area contributed by atoms with Crippen LogP contribution in [0.5, 0.6) is 11.5 Å². The molecule has 10 nitrogen and oxygen atoms in total. The van der Waals surface area contributed by atoms with Gasteiger partial charge < -0.3 is 19.3 Å². The van der Waals surface area contributed by atoms with Crippen molar-refractivity contribution in [2.45, 2.75) is 0 Å². The van der Waals surface area contributed by atoms with Crippen LogP contribution in [0, 0.1) is 10.1 Å². The molecule has 0 radical (unpaired) electrons. The molecule has 154 valence electrons. The third-order valence-corrected chi connectivity index (χ3v) is 6.12. The van der Waals surface area contributed by atoms with Crippen LogP contribution < -0.4 is 14.4 Å². The summed E-state index contributed by atoms with van der Waals surface area (Å²) < 4.78 is 10.9. The second-order valence-corrected chi connectivity index (χ2v) is 7.83. The van der Waals surface area contributed by atoms with Crippen molar-refractivity contribution in [3.8, 4) is 11.5 Å². The predicted molar refractivity (Wildman–Crippen MR) is 110 cm³/mol. The number of thiazole rings is 1. The summed E-state index contributed by atoms with van der Waals surface area (Å²) in [4.78, 5) is 37.6. The third kappa shape index (κ3) is 3.26. The summed E-state index contributed by atoms with van der Waals surface area (Å²) in [5.41, 5.74) is 0.591. The van der Waals surface area contributed by atoms with Crippen molar-refractivity contribution in [1.82, 2.24) is 14.9 Å². The molecule has 2 aliphatic rings. The number of amides is 1. The van der Waals surface area contributed by atoms with Crippen molar-refractivity contribution in [1.29, 1.82) is 0 Å². The van der Waals surface area contributed by atoms with Crippen LogP contribution in [-0.4, -0.2) is 65.1 Å². The van der Waals surface area contributed by atoms with Gasteiger partial charge in [0.2, 0.25) is 0 Å². The molecule has 11 heteroatoms. The monoisotopic (exact) mass is 427 g/mol. The second kappa shape index (κ2) is 7.41. The Morgan fingerprint density at radius 3 is 2.57 bits per heavy atom. The average molecular weight is 427 g/mol. The van der Waals surface area contributed by atoms with Gasteiger partial charge in [0.25, 0.3) is 11.6 Å². The lowest BCUT2D eigenvalue weighted by molar-refractivity contribution is -0.385. The summed E-state index contributed by atoms with van der Waals surface area (Å²) in [6, 6.07) is 6.46. The number of nitrogens with zero attached hydrogens (tertiary/aromatic N) is 5. The summed E-state index contributed by atoms with van der Waals surface area (Å²) in [6.07, 6.45) is 1.74. The standard InChI is InChI=1S/C19H17N5O5S/c25-18(12-10-15-16(29-9-8-28-15)11-14(12)24(26)27)22-4-6-23(7-5-22)19-21-13-2-1-3-20-17(13)30-19/h1-3,10-11H,4-9H2. The predicted octanol–water partition coefficient (Wildman–Crippen LogP) is 2.33. The first-order valence-electron chi connectivity index (χ1n) is 9.44. The zero-order chi connectivity index (χ0) is 20.7. The van der Waals surface area contributed by atoms with Gasteiger partial charge in [-0.25, -0.2) is 9.97 Å². The molecule has 2 aliphatic heterocycles. The van der Waals surface area contributed by atoms with Crippen molar-refractivity contribution < 1.29 is 19.2 Å². The first kappa shape index (κ1) is 18.6. The van der Waals surface area contributed by atoms with Crippen molar-refractivity contribution in [3.63, 3.8) is 0 Å². The van der Waals surface area contributed by atoms with Gasteiger partial charge >= 0.3 is 0 Å². The number of nitro benzene ring substituents is 1. The summed E-state index contributed by atoms with van der Waals surface area (Å²) in [5.74, 6) is 0.263. The number of anilines is 1. The minimum atomic E-state index is -0.560. The van der Waals surface area contributed by atoms with Crippen molar-refractivity contribution in [2.75, 3.05) is 44.3 Å². The van der Waals surface area contributed by atoms with E-state index in [2.05, 4.69) is 14.9 Å². The zero-order valence-corrected chi connectivity index (χ0v) is 16.6. The first-order chi connectivity index (χ1) is 14.6. The number of rotatable bonds is 3. The lowest BCUT2D eigenvalue weighted by atomic mass is 10.1. The molecule has 2 aromatic heterocycles. The van der Waals surface area contributed by atoms with Gasteiger partial charge in [-0.2, -0.15) is 0 Å². The van der Waals surface area contributed by atoms with Gasteiger partial charge in [-0.05, 0) is 12.1 Å². The van der Waals surface area contributed by atoms with E-state index in [9.17, 15) is 14.9 Å². The maximum absolute atomic E-state index is 13.1. The molecular weight excluding hydrogens is 410 g/mol. The van der Waals surface area contributed by atoms with E-state index in [1.807, 2.05) is 12.1 Å². The van der Waals surface area contributed by atoms with Crippen LogP contribution >= 0.6 is 11.3 Å². The highest BCUT2D eigenvalue weighted by atomic mass is 32.1. The van der Waals surface area contributed by atoms with Crippen LogP contribution in [0.3, 0.4) is 0 Å². The van der Waals surface area contributed by atoms with Crippen molar-refractivity contribution in [2.24, 2.45) is 0 Å². The molecular formula is C19H17N5O5S. The third-order valence-electron chi connectivity index (χ3n) is 5.08. The number of fused-ring (bicyclic) bond motifs is 2. The van der Waals surface area contributed by atoms with E-state index in [-0.39, 0.29) is 17.2 Å². The van der Waals surface area contributed by atoms with E-state index in [0.29, 0.717) is 50.9 Å². The van der Waals surface area contributed by atoms with Gasteiger partial charge in [0.05, 0.1) is 11.0 Å². The fourth-order valence-corrected chi connectivity index (χ4v) is 4.53. The van der Waals surface area contributed by atoms with E-state index in [1.165, 1.54) is 23.5 Å². The molecule has 0 unspecified atom stereocenters. The molecule has 30 heavy (non-hydrogen) atoms. The number of hydrogen-bond acceptors (Lipinski definition) is 9. The van der Waals surface area contributed by atoms with Crippen LogP contribution in [0.4, 0.5) is 10.8 Å². The van der Waals surface area contributed by atoms with Gasteiger partial charge in [-0.1, -0.05) is 11.3 Å². The topological polar surface area (TPSA) is 111 Å². The summed E-state index contributed by atoms with van der Waals surface area (Å²) in [6.45, 7) is 2.71. The normalized spacial score (nSPS) is 16.0. The zero-order valence-electron chi connectivity index (χ0n) is 15.8. The Kier molecular flexibility index (Phi) is 4.58. The highest BCUT2D eigenvalue weighted by Crippen LogP contribution is 2.37. The van der Waals surface area contributed by atoms with Gasteiger partial charge in [-0.3, -0.25) is 14.9 Å². The van der Waals surface area contributed by atoms with Crippen LogP contribution in [-0.2, 0) is 0 Å². The molecule has 5 rings (SSSR count). The van der Waals surface area contributed by atoms with E-state index < -0.39 is 4.92 Å². The number of ether oxygens (including phenoxy) is 2. The minimum Gasteiger partial charge on any atom is -0.486 e. The Labute approximate surface area is 174 Å². The van der Waals surface area contributed by atoms with Crippen molar-refractivity contribution in [3.05, 3.63) is 46.1 Å². The van der Waals surface area contributed by atoms with E-state index in [1.54, 1.807) is 11.1 Å². The number of benzene rings is 1. The Balaban J connectivity index is 1.35. The Hall–Kier alpha value is -3.47. The smallest absolute Gasteiger partial charge is 0.286 e. The maximum Gasteiger partial charge on any atom is 0.286 e. The fraction of sp³-hybridized carbons (Fsp3) is 0.316. The number of pyridine rings is 1. The molecule has 0 saturated carbocycles. The number of carbonyl (C=O) groups excluding carboxylic acids is 1. The fourth-order valence-electron chi connectivity index (χ4n) is 3.57. The maximum atomic E-state index is 13.1. The number of nitro groups is 1. The molecule has 0 atom stereocenters. The molecule has 4 heterocycles. The Morgan fingerprint density at radius 2 is 1.87 bits per heavy atom. The molecule has 0 aliphatic carbocycles. The number of hydrogen-bond donors (Lipinski definition) is 0. The van der Waals surface area contributed by atoms with E-state index in [4.69, 9.17) is 9.47 Å². The average Bonchev–Trinajstić information content (AvgIpc) is 3.22. The summed E-state index contributed by atoms with van der Waals surface area (Å²) >= 11 is 1.51. The molecule has 0 bridgehead atoms.